The van der Waals surface area contributed by atoms with E-state index in [0.29, 0.717) is 11.8 Å². The molecule has 2 aliphatic carbocycles. The summed E-state index contributed by atoms with van der Waals surface area (Å²) >= 11 is -2.29. The Balaban J connectivity index is 0.00000121. The van der Waals surface area contributed by atoms with Crippen LogP contribution in [-0.4, -0.2) is 0 Å². The van der Waals surface area contributed by atoms with Crippen molar-refractivity contribution >= 4 is 6.08 Å². The Morgan fingerprint density at radius 1 is 1.00 bits per heavy atom. The van der Waals surface area contributed by atoms with Crippen molar-refractivity contribution in [1.29, 1.82) is 0 Å². The summed E-state index contributed by atoms with van der Waals surface area (Å²) in [6, 6.07) is 9.14. The van der Waals surface area contributed by atoms with Gasteiger partial charge in [0.15, 0.2) is 0 Å². The number of benzene rings is 1. The van der Waals surface area contributed by atoms with Crippen molar-refractivity contribution in [2.45, 2.75) is 52.4 Å². The Morgan fingerprint density at radius 3 is 2.19 bits per heavy atom. The van der Waals surface area contributed by atoms with Crippen LogP contribution < -0.4 is 24.8 Å². The molecule has 1 heterocycles. The van der Waals surface area contributed by atoms with E-state index in [1.165, 1.54) is 12.0 Å². The molecule has 3 unspecified atom stereocenters. The monoisotopic (exact) mass is 466 g/mol. The van der Waals surface area contributed by atoms with E-state index in [1.807, 2.05) is 3.28 Å². The van der Waals surface area contributed by atoms with E-state index in [2.05, 4.69) is 77.1 Å². The number of allylic oxidation sites excluding steroid dienone is 5. The van der Waals surface area contributed by atoms with Gasteiger partial charge in [0.25, 0.3) is 0 Å². The first kappa shape index (κ1) is 22.2. The van der Waals surface area contributed by atoms with E-state index < -0.39 is 20.3 Å². The zero-order valence-electron chi connectivity index (χ0n) is 16.5. The first-order valence-electron chi connectivity index (χ1n) is 9.66. The van der Waals surface area contributed by atoms with Gasteiger partial charge in [0, 0.05) is 0 Å². The quantitative estimate of drug-likeness (QED) is 0.620. The molecule has 0 nitrogen and oxygen atoms in total. The van der Waals surface area contributed by atoms with Gasteiger partial charge in [0.2, 0.25) is 0 Å². The van der Waals surface area contributed by atoms with E-state index in [1.54, 1.807) is 20.8 Å². The van der Waals surface area contributed by atoms with E-state index >= 15 is 0 Å². The Labute approximate surface area is 176 Å². The number of rotatable bonds is 4. The standard InChI is InChI=1S/C11H17.C9H7.C3H6.2ClH.Zr/c1-8(2)10-6-5-7-11(10)9(3)4;1-2-5-9-7-3-6-8(9)4-1;1-3-2;;;/h6,8-9H,7H2,1-4H3;1-7H;3H,1H2,2H3;2*1H;/q;;;;;+2/p-2. The van der Waals surface area contributed by atoms with Crippen molar-refractivity contribution in [2.24, 2.45) is 11.8 Å². The summed E-state index contributed by atoms with van der Waals surface area (Å²) in [6.45, 7) is 12.1. The Kier molecular flexibility index (Phi) is 6.92. The molecule has 140 valence electrons. The van der Waals surface area contributed by atoms with Gasteiger partial charge in [-0.1, -0.05) is 0 Å². The van der Waals surface area contributed by atoms with Crippen LogP contribution in [-0.2, 0) is 20.3 Å². The van der Waals surface area contributed by atoms with Crippen molar-refractivity contribution in [3.8, 4) is 0 Å². The minimum atomic E-state index is -2.29. The van der Waals surface area contributed by atoms with Gasteiger partial charge in [-0.05, 0) is 0 Å². The Morgan fingerprint density at radius 2 is 1.65 bits per heavy atom. The van der Waals surface area contributed by atoms with Crippen LogP contribution in [0, 0.1) is 11.8 Å². The Bertz CT molecular complexity index is 772. The largest absolute Gasteiger partial charge is 1.00 e. The molecule has 3 heteroatoms. The molecule has 1 fully saturated rings. The normalized spacial score (nSPS) is 26.3. The third kappa shape index (κ3) is 3.38. The van der Waals surface area contributed by atoms with Gasteiger partial charge in [-0.25, -0.2) is 0 Å². The molecule has 1 aromatic rings. The third-order valence-electron chi connectivity index (χ3n) is 6.72. The number of halogens is 2. The summed E-state index contributed by atoms with van der Waals surface area (Å²) in [6.07, 6.45) is 8.97. The number of hydrogen-bond acceptors (Lipinski definition) is 0. The topological polar surface area (TPSA) is 0 Å². The maximum Gasteiger partial charge on any atom is -1.00 e. The molecule has 1 aromatic carbocycles. The first-order valence-corrected chi connectivity index (χ1v) is 15.5. The summed E-state index contributed by atoms with van der Waals surface area (Å²) in [5, 5.41) is 0. The van der Waals surface area contributed by atoms with E-state index in [4.69, 9.17) is 0 Å². The van der Waals surface area contributed by atoms with Crippen LogP contribution in [0.15, 0.2) is 50.8 Å². The maximum atomic E-state index is 2.69. The SMILES string of the molecule is CC(C)C1=C(C(C)C)C[C]([Zr+2]2([CH]3C=Cc4ccccc43)[CH2][CH]2C)=C1.[Cl-].[Cl-]. The minimum absolute atomic E-state index is 0. The molecule has 3 aliphatic rings. The second-order valence-electron chi connectivity index (χ2n) is 8.75. The van der Waals surface area contributed by atoms with Crippen LogP contribution in [0.25, 0.3) is 6.08 Å². The third-order valence-corrected chi connectivity index (χ3v) is 21.1. The molecule has 0 N–H and O–H groups in total. The molecule has 3 atom stereocenters. The second kappa shape index (κ2) is 8.10. The minimum Gasteiger partial charge on any atom is -1.00 e. The summed E-state index contributed by atoms with van der Waals surface area (Å²) in [5.41, 5.74) is 6.54. The fourth-order valence-corrected chi connectivity index (χ4v) is 21.4. The zero-order chi connectivity index (χ0) is 17.1. The van der Waals surface area contributed by atoms with Crippen molar-refractivity contribution < 1.29 is 45.1 Å². The number of hydrogen-bond donors (Lipinski definition) is 0. The predicted octanol–water partition coefficient (Wildman–Crippen LogP) is 1.05. The molecular weight excluding hydrogens is 438 g/mol. The van der Waals surface area contributed by atoms with Crippen molar-refractivity contribution in [3.05, 3.63) is 62.0 Å². The molecule has 4 rings (SSSR count). The molecule has 0 amide bonds. The van der Waals surface area contributed by atoms with Crippen LogP contribution >= 0.6 is 0 Å². The molecule has 0 radical (unpaired) electrons. The van der Waals surface area contributed by atoms with Crippen molar-refractivity contribution in [3.63, 3.8) is 0 Å². The summed E-state index contributed by atoms with van der Waals surface area (Å²) in [5.74, 6) is 1.36. The van der Waals surface area contributed by atoms with Gasteiger partial charge in [0.05, 0.1) is 0 Å². The summed E-state index contributed by atoms with van der Waals surface area (Å²) in [7, 11) is 0. The molecule has 1 aliphatic heterocycles. The second-order valence-corrected chi connectivity index (χ2v) is 20.4. The van der Waals surface area contributed by atoms with Crippen LogP contribution in [0.4, 0.5) is 0 Å². The molecule has 0 spiro atoms. The molecule has 0 saturated carbocycles. The predicted molar refractivity (Wildman–Crippen MR) is 102 cm³/mol. The van der Waals surface area contributed by atoms with Crippen LogP contribution in [0.1, 0.15) is 55.8 Å². The Hall–Kier alpha value is -0.0969. The van der Waals surface area contributed by atoms with E-state index in [0.717, 1.165) is 7.25 Å². The van der Waals surface area contributed by atoms with E-state index in [-0.39, 0.29) is 24.8 Å². The maximum absolute atomic E-state index is 2.69. The van der Waals surface area contributed by atoms with Crippen molar-refractivity contribution in [2.75, 3.05) is 0 Å². The average Bonchev–Trinajstić information content (AvgIpc) is 2.97. The van der Waals surface area contributed by atoms with Gasteiger partial charge in [0.1, 0.15) is 0 Å². The summed E-state index contributed by atoms with van der Waals surface area (Å²) < 4.78 is 5.28. The first-order chi connectivity index (χ1) is 11.4. The molecule has 0 bridgehead atoms. The van der Waals surface area contributed by atoms with Crippen LogP contribution in [0.2, 0.25) is 7.75 Å². The van der Waals surface area contributed by atoms with Crippen molar-refractivity contribution in [1.82, 2.24) is 0 Å². The van der Waals surface area contributed by atoms with Crippen LogP contribution in [0.3, 0.4) is 0 Å². The summed E-state index contributed by atoms with van der Waals surface area (Å²) in [4.78, 5) is 0. The molecule has 0 aromatic heterocycles. The fourth-order valence-electron chi connectivity index (χ4n) is 5.24. The van der Waals surface area contributed by atoms with Gasteiger partial charge in [-0.2, -0.15) is 0 Å². The zero-order valence-corrected chi connectivity index (χ0v) is 20.5. The van der Waals surface area contributed by atoms with Gasteiger partial charge in [-0.3, -0.25) is 0 Å². The number of fused-ring (bicyclic) bond motifs is 1. The molecule has 26 heavy (non-hydrogen) atoms. The van der Waals surface area contributed by atoms with E-state index in [9.17, 15) is 0 Å². The molecule has 1 saturated heterocycles. The average molecular weight is 469 g/mol. The van der Waals surface area contributed by atoms with Gasteiger partial charge < -0.3 is 24.8 Å². The smallest absolute Gasteiger partial charge is 1.00 e. The fraction of sp³-hybridized carbons (Fsp3) is 0.478. The van der Waals surface area contributed by atoms with Crippen LogP contribution in [0.5, 0.6) is 0 Å². The molecular formula is C23H30Cl2Zr. The van der Waals surface area contributed by atoms with Gasteiger partial charge in [-0.15, -0.1) is 0 Å². The van der Waals surface area contributed by atoms with Gasteiger partial charge >= 0.3 is 153 Å².